The van der Waals surface area contributed by atoms with Crippen molar-refractivity contribution in [3.05, 3.63) is 45.7 Å². The van der Waals surface area contributed by atoms with Gasteiger partial charge in [-0.3, -0.25) is 0 Å². The van der Waals surface area contributed by atoms with E-state index in [1.807, 2.05) is 26.8 Å². The van der Waals surface area contributed by atoms with Gasteiger partial charge >= 0.3 is 5.76 Å². The Morgan fingerprint density at radius 3 is 2.59 bits per heavy atom. The average Bonchev–Trinajstić information content (AvgIpc) is 2.85. The molecule has 1 aliphatic heterocycles. The minimum atomic E-state index is -4.65. The van der Waals surface area contributed by atoms with Gasteiger partial charge in [-0.25, -0.2) is 8.42 Å². The van der Waals surface area contributed by atoms with Gasteiger partial charge < -0.3 is 0 Å². The van der Waals surface area contributed by atoms with E-state index in [4.69, 9.17) is 5.84 Å². The summed E-state index contributed by atoms with van der Waals surface area (Å²) in [7, 11) is -4.65. The normalized spacial score (nSPS) is 24.2. The third-order valence-corrected chi connectivity index (χ3v) is 6.38. The van der Waals surface area contributed by atoms with Crippen LogP contribution in [0, 0.1) is 0 Å². The predicted octanol–water partition coefficient (Wildman–Crippen LogP) is 4.33. The highest BCUT2D eigenvalue weighted by atomic mass is 32.2. The maximum absolute atomic E-state index is 13.1. The molecule has 8 heteroatoms. The van der Waals surface area contributed by atoms with Gasteiger partial charge in [-0.05, 0) is 46.1 Å². The molecular weight excluding hydrogens is 372 g/mol. The van der Waals surface area contributed by atoms with Crippen LogP contribution in [-0.2, 0) is 9.84 Å². The molecule has 0 amide bonds. The molecule has 2 aliphatic rings. The van der Waals surface area contributed by atoms with Gasteiger partial charge in [0.15, 0.2) is 5.70 Å². The highest BCUT2D eigenvalue weighted by Gasteiger charge is 2.45. The fourth-order valence-electron chi connectivity index (χ4n) is 3.32. The Labute approximate surface area is 160 Å². The van der Waals surface area contributed by atoms with E-state index in [1.54, 1.807) is 6.92 Å². The number of allylic oxidation sites excluding steroid dienone is 6. The van der Waals surface area contributed by atoms with Crippen LogP contribution in [0.2, 0.25) is 0 Å². The molecule has 0 fully saturated rings. The molecule has 0 bridgehead atoms. The van der Waals surface area contributed by atoms with Crippen molar-refractivity contribution in [2.24, 2.45) is 10.8 Å². The van der Waals surface area contributed by atoms with Crippen LogP contribution >= 0.6 is 0 Å². The van der Waals surface area contributed by atoms with Crippen LogP contribution in [0.3, 0.4) is 0 Å². The first-order chi connectivity index (χ1) is 12.5. The standard InChI is InChI=1S/C19H28F2N3O2S/c1-5-24(22)14(4)23-17-12-16(27(25,26)19(20)21)11-15(18(17)24)10-8-6-7-9-13(2)3/h9-10,12,19H,5-8,11,22H2,1-4H3/q+1. The summed E-state index contributed by atoms with van der Waals surface area (Å²) in [6.45, 7) is 8.28. The van der Waals surface area contributed by atoms with E-state index in [9.17, 15) is 17.2 Å². The summed E-state index contributed by atoms with van der Waals surface area (Å²) < 4.78 is 50.1. The van der Waals surface area contributed by atoms with Crippen LogP contribution in [0.5, 0.6) is 0 Å². The molecule has 0 saturated carbocycles. The largest absolute Gasteiger partial charge is 0.340 e. The Balaban J connectivity index is 2.42. The molecule has 1 aliphatic carbocycles. The third-order valence-electron chi connectivity index (χ3n) is 4.92. The number of halogens is 2. The van der Waals surface area contributed by atoms with Crippen molar-refractivity contribution >= 4 is 15.7 Å². The number of hydrogen-bond acceptors (Lipinski definition) is 4. The first kappa shape index (κ1) is 21.7. The second kappa shape index (κ2) is 8.16. The Bertz CT molecular complexity index is 863. The first-order valence-electron chi connectivity index (χ1n) is 9.06. The highest BCUT2D eigenvalue weighted by Crippen LogP contribution is 2.41. The molecule has 5 nitrogen and oxygen atoms in total. The number of hydrogen-bond donors (Lipinski definition) is 1. The number of nitrogens with zero attached hydrogens (tertiary/aromatic N) is 2. The SMILES string of the molecule is CC[N+]1(N)C(C)=NC2=C1C(=CCCCC=C(C)C)CC(S(=O)(=O)C(F)F)=C2. The number of aliphatic imine (C=N–C) groups is 1. The number of sulfone groups is 1. The van der Waals surface area contributed by atoms with Crippen LogP contribution in [0.1, 0.15) is 53.4 Å². The number of nitrogens with two attached hydrogens (primary N) is 1. The fraction of sp³-hybridized carbons (Fsp3) is 0.526. The molecule has 0 spiro atoms. The van der Waals surface area contributed by atoms with Gasteiger partial charge in [-0.1, -0.05) is 17.7 Å². The molecule has 0 aromatic carbocycles. The van der Waals surface area contributed by atoms with Gasteiger partial charge in [0.05, 0.1) is 4.91 Å². The van der Waals surface area contributed by atoms with Crippen molar-refractivity contribution in [2.45, 2.75) is 59.1 Å². The number of quaternary nitrogens is 1. The molecule has 1 atom stereocenters. The Morgan fingerprint density at radius 1 is 1.37 bits per heavy atom. The summed E-state index contributed by atoms with van der Waals surface area (Å²) in [6, 6.07) is 0. The van der Waals surface area contributed by atoms with Gasteiger partial charge in [0, 0.05) is 18.9 Å². The lowest BCUT2D eigenvalue weighted by atomic mass is 9.98. The number of likely N-dealkylation sites (N-methyl/N-ethyl adjacent to an activating group) is 1. The van der Waals surface area contributed by atoms with Crippen molar-refractivity contribution in [1.29, 1.82) is 0 Å². The first-order valence-corrected chi connectivity index (χ1v) is 10.6. The average molecular weight is 401 g/mol. The summed E-state index contributed by atoms with van der Waals surface area (Å²) in [4.78, 5) is 4.08. The zero-order valence-electron chi connectivity index (χ0n) is 16.3. The van der Waals surface area contributed by atoms with E-state index in [1.165, 1.54) is 11.6 Å². The van der Waals surface area contributed by atoms with Gasteiger partial charge in [-0.2, -0.15) is 24.2 Å². The van der Waals surface area contributed by atoms with Crippen LogP contribution in [0.25, 0.3) is 0 Å². The summed E-state index contributed by atoms with van der Waals surface area (Å²) in [5.41, 5.74) is 3.00. The lowest BCUT2D eigenvalue weighted by Gasteiger charge is -2.31. The van der Waals surface area contributed by atoms with Crippen LogP contribution in [0.15, 0.2) is 50.7 Å². The Hall–Kier alpha value is -1.64. The van der Waals surface area contributed by atoms with E-state index in [-0.39, 0.29) is 15.9 Å². The summed E-state index contributed by atoms with van der Waals surface area (Å²) >= 11 is 0. The van der Waals surface area contributed by atoms with Crippen molar-refractivity contribution in [2.75, 3.05) is 6.54 Å². The number of amidine groups is 1. The van der Waals surface area contributed by atoms with E-state index in [0.29, 0.717) is 35.8 Å². The zero-order valence-corrected chi connectivity index (χ0v) is 17.1. The molecule has 2 rings (SSSR count). The lowest BCUT2D eigenvalue weighted by molar-refractivity contribution is -0.809. The number of alkyl halides is 2. The molecule has 0 aromatic heterocycles. The van der Waals surface area contributed by atoms with Crippen molar-refractivity contribution in [3.63, 3.8) is 0 Å². The third kappa shape index (κ3) is 4.28. The Morgan fingerprint density at radius 2 is 2.04 bits per heavy atom. The molecular formula is C19H28F2N3O2S+. The lowest BCUT2D eigenvalue weighted by Crippen LogP contribution is -2.55. The second-order valence-corrected chi connectivity index (χ2v) is 9.08. The Kier molecular flexibility index (Phi) is 6.55. The van der Waals surface area contributed by atoms with E-state index in [2.05, 4.69) is 11.1 Å². The molecule has 0 aromatic rings. The van der Waals surface area contributed by atoms with Crippen molar-refractivity contribution in [3.8, 4) is 0 Å². The fourth-order valence-corrected chi connectivity index (χ4v) is 4.18. The molecule has 0 saturated heterocycles. The minimum absolute atomic E-state index is 0.0202. The van der Waals surface area contributed by atoms with Crippen molar-refractivity contribution < 1.29 is 21.8 Å². The number of unbranched alkanes of at least 4 members (excludes halogenated alkanes) is 2. The van der Waals surface area contributed by atoms with Gasteiger partial charge in [0.1, 0.15) is 12.2 Å². The quantitative estimate of drug-likeness (QED) is 0.299. The molecule has 2 N–H and O–H groups in total. The molecule has 0 radical (unpaired) electrons. The van der Waals surface area contributed by atoms with Gasteiger partial charge in [0.25, 0.3) is 0 Å². The molecule has 1 unspecified atom stereocenters. The highest BCUT2D eigenvalue weighted by molar-refractivity contribution is 7.95. The molecule has 27 heavy (non-hydrogen) atoms. The summed E-state index contributed by atoms with van der Waals surface area (Å²) in [5, 5.41) is 0. The summed E-state index contributed by atoms with van der Waals surface area (Å²) in [6.07, 6.45) is 7.73. The van der Waals surface area contributed by atoms with Crippen LogP contribution in [-0.4, -0.2) is 31.1 Å². The van der Waals surface area contributed by atoms with E-state index < -0.39 is 15.6 Å². The second-order valence-electron chi connectivity index (χ2n) is 7.11. The van der Waals surface area contributed by atoms with Crippen LogP contribution in [0.4, 0.5) is 8.78 Å². The monoisotopic (exact) mass is 400 g/mol. The topological polar surface area (TPSA) is 72.5 Å². The maximum atomic E-state index is 13.1. The summed E-state index contributed by atoms with van der Waals surface area (Å²) in [5.74, 6) is 3.67. The molecule has 1 heterocycles. The van der Waals surface area contributed by atoms with Crippen molar-refractivity contribution in [1.82, 2.24) is 0 Å². The minimum Gasteiger partial charge on any atom is -0.218 e. The molecule has 150 valence electrons. The maximum Gasteiger partial charge on any atom is 0.340 e. The smallest absolute Gasteiger partial charge is 0.218 e. The van der Waals surface area contributed by atoms with E-state index >= 15 is 0 Å². The van der Waals surface area contributed by atoms with Gasteiger partial charge in [-0.15, -0.1) is 0 Å². The zero-order chi connectivity index (χ0) is 20.4. The van der Waals surface area contributed by atoms with Gasteiger partial charge in [0.2, 0.25) is 15.7 Å². The van der Waals surface area contributed by atoms with Crippen LogP contribution < -0.4 is 5.84 Å². The predicted molar refractivity (Wildman–Crippen MR) is 104 cm³/mol. The van der Waals surface area contributed by atoms with E-state index in [0.717, 1.165) is 12.8 Å². The number of rotatable bonds is 7.